The van der Waals surface area contributed by atoms with Gasteiger partial charge in [-0.1, -0.05) is 24.3 Å². The zero-order chi connectivity index (χ0) is 15.1. The van der Waals surface area contributed by atoms with E-state index in [-0.39, 0.29) is 6.61 Å². The lowest BCUT2D eigenvalue weighted by Gasteiger charge is -2.14. The first kappa shape index (κ1) is 15.5. The van der Waals surface area contributed by atoms with Crippen LogP contribution >= 0.6 is 0 Å². The predicted molar refractivity (Wildman–Crippen MR) is 83.4 cm³/mol. The van der Waals surface area contributed by atoms with Gasteiger partial charge in [-0.15, -0.1) is 0 Å². The Bertz CT molecular complexity index is 572. The third-order valence-electron chi connectivity index (χ3n) is 3.32. The van der Waals surface area contributed by atoms with Gasteiger partial charge in [0.05, 0.1) is 5.69 Å². The van der Waals surface area contributed by atoms with E-state index in [2.05, 4.69) is 10.3 Å². The van der Waals surface area contributed by atoms with E-state index >= 15 is 0 Å². The minimum atomic E-state index is -0.548. The molecule has 1 aromatic carbocycles. The van der Waals surface area contributed by atoms with Gasteiger partial charge in [-0.05, 0) is 37.1 Å². The van der Waals surface area contributed by atoms with Crippen LogP contribution in [0.3, 0.4) is 0 Å². The molecular weight excluding hydrogens is 264 g/mol. The summed E-state index contributed by atoms with van der Waals surface area (Å²) in [6.07, 6.45) is 1.23. The van der Waals surface area contributed by atoms with Crippen molar-refractivity contribution in [2.75, 3.05) is 13.2 Å². The standard InChI is InChI=1S/C17H22N2O2/c1-13-7-5-9-19-16(13)11-18-10-15(20)12-21-17-8-4-3-6-14(17)2/h3-9,15,18,20H,10-12H2,1-2H3. The van der Waals surface area contributed by atoms with Crippen LogP contribution < -0.4 is 10.1 Å². The van der Waals surface area contributed by atoms with Crippen molar-refractivity contribution in [1.82, 2.24) is 10.3 Å². The van der Waals surface area contributed by atoms with E-state index in [1.165, 1.54) is 0 Å². The Balaban J connectivity index is 1.72. The molecule has 21 heavy (non-hydrogen) atoms. The number of nitrogens with zero attached hydrogens (tertiary/aromatic N) is 1. The van der Waals surface area contributed by atoms with Gasteiger partial charge >= 0.3 is 0 Å². The molecule has 2 N–H and O–H groups in total. The molecule has 1 heterocycles. The molecule has 4 heteroatoms. The summed E-state index contributed by atoms with van der Waals surface area (Å²) >= 11 is 0. The molecule has 0 radical (unpaired) electrons. The fraction of sp³-hybridized carbons (Fsp3) is 0.353. The predicted octanol–water partition coefficient (Wildman–Crippen LogP) is 2.23. The number of nitrogens with one attached hydrogen (secondary N) is 1. The Morgan fingerprint density at radius 2 is 1.90 bits per heavy atom. The van der Waals surface area contributed by atoms with E-state index in [1.54, 1.807) is 6.20 Å². The summed E-state index contributed by atoms with van der Waals surface area (Å²) in [5.74, 6) is 0.817. The summed E-state index contributed by atoms with van der Waals surface area (Å²) in [7, 11) is 0. The van der Waals surface area contributed by atoms with Crippen LogP contribution in [0, 0.1) is 13.8 Å². The van der Waals surface area contributed by atoms with E-state index < -0.39 is 6.10 Å². The minimum absolute atomic E-state index is 0.277. The molecular formula is C17H22N2O2. The van der Waals surface area contributed by atoms with Gasteiger partial charge in [-0.2, -0.15) is 0 Å². The van der Waals surface area contributed by atoms with E-state index in [0.717, 1.165) is 22.6 Å². The number of aryl methyl sites for hydroxylation is 2. The molecule has 0 saturated carbocycles. The van der Waals surface area contributed by atoms with E-state index in [0.29, 0.717) is 13.1 Å². The zero-order valence-corrected chi connectivity index (χ0v) is 12.5. The van der Waals surface area contributed by atoms with Gasteiger partial charge < -0.3 is 15.2 Å². The van der Waals surface area contributed by atoms with Crippen LogP contribution in [0.15, 0.2) is 42.6 Å². The fourth-order valence-corrected chi connectivity index (χ4v) is 2.02. The van der Waals surface area contributed by atoms with Crippen LogP contribution in [-0.4, -0.2) is 29.3 Å². The average molecular weight is 286 g/mol. The third kappa shape index (κ3) is 4.85. The van der Waals surface area contributed by atoms with Crippen LogP contribution in [0.25, 0.3) is 0 Å². The Hall–Kier alpha value is -1.91. The highest BCUT2D eigenvalue weighted by atomic mass is 16.5. The molecule has 0 saturated heterocycles. The second-order valence-electron chi connectivity index (χ2n) is 5.13. The fourth-order valence-electron chi connectivity index (χ4n) is 2.02. The van der Waals surface area contributed by atoms with Crippen LogP contribution in [0.1, 0.15) is 16.8 Å². The molecule has 0 aliphatic rings. The first-order chi connectivity index (χ1) is 10.2. The molecule has 2 rings (SSSR count). The molecule has 2 aromatic rings. The van der Waals surface area contributed by atoms with Crippen LogP contribution in [-0.2, 0) is 6.54 Å². The summed E-state index contributed by atoms with van der Waals surface area (Å²) in [6.45, 7) is 5.42. The summed E-state index contributed by atoms with van der Waals surface area (Å²) < 4.78 is 5.62. The quantitative estimate of drug-likeness (QED) is 0.819. The summed E-state index contributed by atoms with van der Waals surface area (Å²) in [6, 6.07) is 11.7. The number of ether oxygens (including phenoxy) is 1. The van der Waals surface area contributed by atoms with E-state index in [4.69, 9.17) is 4.74 Å². The molecule has 1 unspecified atom stereocenters. The van der Waals surface area contributed by atoms with Crippen molar-refractivity contribution in [1.29, 1.82) is 0 Å². The average Bonchev–Trinajstić information content (AvgIpc) is 2.48. The third-order valence-corrected chi connectivity index (χ3v) is 3.32. The largest absolute Gasteiger partial charge is 0.491 e. The number of aliphatic hydroxyl groups is 1. The maximum absolute atomic E-state index is 9.94. The van der Waals surface area contributed by atoms with Crippen molar-refractivity contribution >= 4 is 0 Å². The number of aromatic nitrogens is 1. The molecule has 1 aromatic heterocycles. The van der Waals surface area contributed by atoms with Gasteiger partial charge in [0.2, 0.25) is 0 Å². The molecule has 0 spiro atoms. The second-order valence-corrected chi connectivity index (χ2v) is 5.13. The molecule has 112 valence electrons. The lowest BCUT2D eigenvalue weighted by atomic mass is 10.2. The number of hydrogen-bond acceptors (Lipinski definition) is 4. The van der Waals surface area contributed by atoms with Crippen molar-refractivity contribution in [2.45, 2.75) is 26.5 Å². The smallest absolute Gasteiger partial charge is 0.122 e. The molecule has 1 atom stereocenters. The molecule has 0 aliphatic heterocycles. The Kier molecular flexibility index (Phi) is 5.72. The lowest BCUT2D eigenvalue weighted by molar-refractivity contribution is 0.106. The highest BCUT2D eigenvalue weighted by Gasteiger charge is 2.07. The highest BCUT2D eigenvalue weighted by Crippen LogP contribution is 2.16. The Morgan fingerprint density at radius 1 is 1.14 bits per heavy atom. The number of para-hydroxylation sites is 1. The lowest BCUT2D eigenvalue weighted by Crippen LogP contribution is -2.31. The van der Waals surface area contributed by atoms with Crippen LogP contribution in [0.5, 0.6) is 5.75 Å². The maximum Gasteiger partial charge on any atom is 0.122 e. The van der Waals surface area contributed by atoms with Crippen LogP contribution in [0.4, 0.5) is 0 Å². The molecule has 0 aliphatic carbocycles. The first-order valence-electron chi connectivity index (χ1n) is 7.14. The summed E-state index contributed by atoms with van der Waals surface area (Å²) in [5, 5.41) is 13.1. The Morgan fingerprint density at radius 3 is 2.67 bits per heavy atom. The number of benzene rings is 1. The van der Waals surface area contributed by atoms with Crippen molar-refractivity contribution in [2.24, 2.45) is 0 Å². The molecule has 0 amide bonds. The SMILES string of the molecule is Cc1ccccc1OCC(O)CNCc1ncccc1C. The van der Waals surface area contributed by atoms with Gasteiger partial charge in [0.25, 0.3) is 0 Å². The maximum atomic E-state index is 9.94. The van der Waals surface area contributed by atoms with E-state index in [9.17, 15) is 5.11 Å². The monoisotopic (exact) mass is 286 g/mol. The second kappa shape index (κ2) is 7.76. The minimum Gasteiger partial charge on any atom is -0.491 e. The van der Waals surface area contributed by atoms with Gasteiger partial charge in [0.1, 0.15) is 18.5 Å². The number of rotatable bonds is 7. The van der Waals surface area contributed by atoms with Gasteiger partial charge in [-0.25, -0.2) is 0 Å². The molecule has 0 fully saturated rings. The summed E-state index contributed by atoms with van der Waals surface area (Å²) in [5.41, 5.74) is 3.22. The topological polar surface area (TPSA) is 54.4 Å². The first-order valence-corrected chi connectivity index (χ1v) is 7.14. The summed E-state index contributed by atoms with van der Waals surface area (Å²) in [4.78, 5) is 4.30. The van der Waals surface area contributed by atoms with Gasteiger partial charge in [-0.3, -0.25) is 4.98 Å². The normalized spacial score (nSPS) is 12.1. The zero-order valence-electron chi connectivity index (χ0n) is 12.5. The van der Waals surface area contributed by atoms with Crippen molar-refractivity contribution in [3.05, 3.63) is 59.4 Å². The van der Waals surface area contributed by atoms with Crippen LogP contribution in [0.2, 0.25) is 0 Å². The van der Waals surface area contributed by atoms with Crippen molar-refractivity contribution in [3.63, 3.8) is 0 Å². The Labute approximate surface area is 125 Å². The van der Waals surface area contributed by atoms with Gasteiger partial charge in [0.15, 0.2) is 0 Å². The number of hydrogen-bond donors (Lipinski definition) is 2. The van der Waals surface area contributed by atoms with E-state index in [1.807, 2.05) is 50.2 Å². The van der Waals surface area contributed by atoms with Gasteiger partial charge in [0, 0.05) is 19.3 Å². The number of aliphatic hydroxyl groups excluding tert-OH is 1. The molecule has 0 bridgehead atoms. The van der Waals surface area contributed by atoms with Crippen molar-refractivity contribution in [3.8, 4) is 5.75 Å². The molecule has 4 nitrogen and oxygen atoms in total. The number of pyridine rings is 1. The van der Waals surface area contributed by atoms with Crippen molar-refractivity contribution < 1.29 is 9.84 Å². The highest BCUT2D eigenvalue weighted by molar-refractivity contribution is 5.31.